The monoisotopic (exact) mass is 266 g/mol. The molecule has 1 fully saturated rings. The maximum absolute atomic E-state index is 12.1. The Morgan fingerprint density at radius 3 is 2.79 bits per heavy atom. The summed E-state index contributed by atoms with van der Waals surface area (Å²) >= 11 is 0. The fourth-order valence-electron chi connectivity index (χ4n) is 2.42. The van der Waals surface area contributed by atoms with Gasteiger partial charge in [0.05, 0.1) is 25.9 Å². The zero-order valence-electron chi connectivity index (χ0n) is 11.4. The molecule has 0 aliphatic carbocycles. The number of aliphatic hydroxyl groups excluding tert-OH is 1. The number of hydrogen-bond acceptors (Lipinski definition) is 4. The minimum Gasteiger partial charge on any atom is -0.394 e. The molecule has 0 atom stereocenters. The molecule has 0 amide bonds. The maximum atomic E-state index is 12.1. The van der Waals surface area contributed by atoms with E-state index in [2.05, 4.69) is 4.90 Å². The number of Topliss-reactive ketones (excluding diaryl/α,β-unsaturated/α-hetero) is 1. The smallest absolute Gasteiger partial charge is 0.178 e. The Morgan fingerprint density at radius 1 is 1.47 bits per heavy atom. The summed E-state index contributed by atoms with van der Waals surface area (Å²) in [7, 11) is 1.92. The molecule has 0 aromatic carbocycles. The van der Waals surface area contributed by atoms with Gasteiger partial charge in [0.15, 0.2) is 5.78 Å². The zero-order chi connectivity index (χ0) is 13.7. The first-order valence-corrected chi connectivity index (χ1v) is 6.79. The van der Waals surface area contributed by atoms with Crippen molar-refractivity contribution in [3.8, 4) is 0 Å². The van der Waals surface area contributed by atoms with Gasteiger partial charge >= 0.3 is 0 Å². The fraction of sp³-hybridized carbons (Fsp3) is 0.643. The number of aryl methyl sites for hydroxylation is 1. The van der Waals surface area contributed by atoms with Gasteiger partial charge in [-0.05, 0) is 18.9 Å². The molecular formula is C14H22N2O3. The molecule has 0 unspecified atom stereocenters. The second-order valence-corrected chi connectivity index (χ2v) is 5.06. The molecule has 1 aromatic rings. The first-order valence-electron chi connectivity index (χ1n) is 6.79. The van der Waals surface area contributed by atoms with Crippen LogP contribution in [0.2, 0.25) is 0 Å². The van der Waals surface area contributed by atoms with E-state index < -0.39 is 0 Å². The van der Waals surface area contributed by atoms with Gasteiger partial charge in [0.2, 0.25) is 0 Å². The van der Waals surface area contributed by atoms with Gasteiger partial charge in [-0.1, -0.05) is 0 Å². The van der Waals surface area contributed by atoms with Crippen molar-refractivity contribution in [1.29, 1.82) is 0 Å². The van der Waals surface area contributed by atoms with E-state index in [0.29, 0.717) is 13.2 Å². The summed E-state index contributed by atoms with van der Waals surface area (Å²) in [5.74, 6) is 0.176. The summed E-state index contributed by atoms with van der Waals surface area (Å²) in [6, 6.07) is 1.86. The molecule has 0 bridgehead atoms. The second kappa shape index (κ2) is 6.84. The van der Waals surface area contributed by atoms with Gasteiger partial charge in [0.1, 0.15) is 0 Å². The molecule has 2 rings (SSSR count). The SMILES string of the molecule is Cn1ccc(C(=O)CN2CCC(OCCO)CC2)c1. The van der Waals surface area contributed by atoms with Crippen LogP contribution in [0.25, 0.3) is 0 Å². The minimum absolute atomic E-state index is 0.0761. The number of nitrogens with zero attached hydrogens (tertiary/aromatic N) is 2. The van der Waals surface area contributed by atoms with Crippen molar-refractivity contribution in [2.24, 2.45) is 7.05 Å². The molecule has 5 nitrogen and oxygen atoms in total. The Bertz CT molecular complexity index is 409. The highest BCUT2D eigenvalue weighted by Crippen LogP contribution is 2.14. The van der Waals surface area contributed by atoms with Crippen LogP contribution in [0.1, 0.15) is 23.2 Å². The van der Waals surface area contributed by atoms with Crippen LogP contribution in [0.3, 0.4) is 0 Å². The zero-order valence-corrected chi connectivity index (χ0v) is 11.4. The number of aliphatic hydroxyl groups is 1. The van der Waals surface area contributed by atoms with E-state index >= 15 is 0 Å². The number of rotatable bonds is 6. The molecule has 106 valence electrons. The first-order chi connectivity index (χ1) is 9.19. The Labute approximate surface area is 113 Å². The number of aromatic nitrogens is 1. The number of ether oxygens (including phenoxy) is 1. The molecule has 0 saturated carbocycles. The molecule has 1 aromatic heterocycles. The topological polar surface area (TPSA) is 54.7 Å². The number of ketones is 1. The highest BCUT2D eigenvalue weighted by molar-refractivity contribution is 5.97. The second-order valence-electron chi connectivity index (χ2n) is 5.06. The highest BCUT2D eigenvalue weighted by Gasteiger charge is 2.21. The van der Waals surface area contributed by atoms with E-state index in [1.807, 2.05) is 30.1 Å². The maximum Gasteiger partial charge on any atom is 0.178 e. The van der Waals surface area contributed by atoms with Gasteiger partial charge in [0, 0.05) is 38.1 Å². The molecular weight excluding hydrogens is 244 g/mol. The Kier molecular flexibility index (Phi) is 5.13. The lowest BCUT2D eigenvalue weighted by atomic mass is 10.1. The number of carbonyl (C=O) groups is 1. The molecule has 2 heterocycles. The normalized spacial score (nSPS) is 17.8. The summed E-state index contributed by atoms with van der Waals surface area (Å²) in [6.07, 6.45) is 5.85. The molecule has 1 N–H and O–H groups in total. The van der Waals surface area contributed by atoms with Gasteiger partial charge < -0.3 is 14.4 Å². The van der Waals surface area contributed by atoms with Crippen LogP contribution in [-0.4, -0.2) is 59.3 Å². The predicted molar refractivity (Wildman–Crippen MR) is 72.2 cm³/mol. The van der Waals surface area contributed by atoms with Crippen molar-refractivity contribution in [2.45, 2.75) is 18.9 Å². The lowest BCUT2D eigenvalue weighted by Crippen LogP contribution is -2.40. The van der Waals surface area contributed by atoms with Crippen LogP contribution < -0.4 is 0 Å². The van der Waals surface area contributed by atoms with Gasteiger partial charge in [0.25, 0.3) is 0 Å². The summed E-state index contributed by atoms with van der Waals surface area (Å²) in [4.78, 5) is 14.2. The summed E-state index contributed by atoms with van der Waals surface area (Å²) < 4.78 is 7.40. The molecule has 0 radical (unpaired) electrons. The molecule has 1 aliphatic rings. The van der Waals surface area contributed by atoms with Crippen LogP contribution in [0.5, 0.6) is 0 Å². The molecule has 0 spiro atoms. The van der Waals surface area contributed by atoms with E-state index in [4.69, 9.17) is 9.84 Å². The van der Waals surface area contributed by atoms with Crippen molar-refractivity contribution < 1.29 is 14.6 Å². The van der Waals surface area contributed by atoms with Crippen LogP contribution in [0.4, 0.5) is 0 Å². The third kappa shape index (κ3) is 4.16. The van der Waals surface area contributed by atoms with Crippen LogP contribution in [-0.2, 0) is 11.8 Å². The Hall–Kier alpha value is -1.17. The molecule has 1 saturated heterocycles. The van der Waals surface area contributed by atoms with Gasteiger partial charge in [-0.3, -0.25) is 9.69 Å². The minimum atomic E-state index is 0.0761. The summed E-state index contributed by atoms with van der Waals surface area (Å²) in [5.41, 5.74) is 0.779. The van der Waals surface area contributed by atoms with E-state index in [0.717, 1.165) is 31.5 Å². The van der Waals surface area contributed by atoms with Crippen LogP contribution >= 0.6 is 0 Å². The Morgan fingerprint density at radius 2 is 2.21 bits per heavy atom. The van der Waals surface area contributed by atoms with Crippen molar-refractivity contribution in [1.82, 2.24) is 9.47 Å². The van der Waals surface area contributed by atoms with Crippen LogP contribution in [0.15, 0.2) is 18.5 Å². The van der Waals surface area contributed by atoms with Gasteiger partial charge in [-0.25, -0.2) is 0 Å². The van der Waals surface area contributed by atoms with Crippen LogP contribution in [0, 0.1) is 0 Å². The van der Waals surface area contributed by atoms with Crippen molar-refractivity contribution in [2.75, 3.05) is 32.8 Å². The van der Waals surface area contributed by atoms with Crippen molar-refractivity contribution >= 4 is 5.78 Å². The van der Waals surface area contributed by atoms with E-state index in [9.17, 15) is 4.79 Å². The lowest BCUT2D eigenvalue weighted by Gasteiger charge is -2.31. The summed E-state index contributed by atoms with van der Waals surface area (Å²) in [6.45, 7) is 2.74. The molecule has 19 heavy (non-hydrogen) atoms. The van der Waals surface area contributed by atoms with E-state index in [-0.39, 0.29) is 18.5 Å². The molecule has 5 heteroatoms. The lowest BCUT2D eigenvalue weighted by molar-refractivity contribution is -0.00689. The number of likely N-dealkylation sites (tertiary alicyclic amines) is 1. The third-order valence-electron chi connectivity index (χ3n) is 3.50. The van der Waals surface area contributed by atoms with Gasteiger partial charge in [-0.2, -0.15) is 0 Å². The average Bonchev–Trinajstić information content (AvgIpc) is 2.85. The number of piperidine rings is 1. The van der Waals surface area contributed by atoms with E-state index in [1.165, 1.54) is 0 Å². The quantitative estimate of drug-likeness (QED) is 0.769. The Balaban J connectivity index is 1.75. The predicted octanol–water partition coefficient (Wildman–Crippen LogP) is 0.681. The first kappa shape index (κ1) is 14.2. The van der Waals surface area contributed by atoms with Gasteiger partial charge in [-0.15, -0.1) is 0 Å². The summed E-state index contributed by atoms with van der Waals surface area (Å²) in [5, 5.41) is 8.71. The highest BCUT2D eigenvalue weighted by atomic mass is 16.5. The number of carbonyl (C=O) groups excluding carboxylic acids is 1. The fourth-order valence-corrected chi connectivity index (χ4v) is 2.42. The van der Waals surface area contributed by atoms with E-state index in [1.54, 1.807) is 0 Å². The largest absolute Gasteiger partial charge is 0.394 e. The van der Waals surface area contributed by atoms with Crippen molar-refractivity contribution in [3.63, 3.8) is 0 Å². The number of hydrogen-bond donors (Lipinski definition) is 1. The third-order valence-corrected chi connectivity index (χ3v) is 3.50. The standard InChI is InChI=1S/C14H22N2O3/c1-15-5-2-12(10-15)14(18)11-16-6-3-13(4-7-16)19-9-8-17/h2,5,10,13,17H,3-4,6-9,11H2,1H3. The molecule has 1 aliphatic heterocycles. The average molecular weight is 266 g/mol. The van der Waals surface area contributed by atoms with Crippen molar-refractivity contribution in [3.05, 3.63) is 24.0 Å².